The second-order valence-corrected chi connectivity index (χ2v) is 8.23. The molecule has 0 atom stereocenters. The molecule has 1 amide bonds. The number of ether oxygens (including phenoxy) is 1. The lowest BCUT2D eigenvalue weighted by atomic mass is 10.1. The molecule has 0 aliphatic heterocycles. The highest BCUT2D eigenvalue weighted by molar-refractivity contribution is 7.98. The number of nitrogens with one attached hydrogen (secondary N) is 2. The van der Waals surface area contributed by atoms with Crippen molar-refractivity contribution in [3.63, 3.8) is 0 Å². The van der Waals surface area contributed by atoms with Crippen molar-refractivity contribution in [3.05, 3.63) is 82.6 Å². The molecule has 0 saturated carbocycles. The maximum absolute atomic E-state index is 12.9. The van der Waals surface area contributed by atoms with E-state index in [4.69, 9.17) is 4.74 Å². The summed E-state index contributed by atoms with van der Waals surface area (Å²) in [5.41, 5.74) is 2.30. The lowest BCUT2D eigenvalue weighted by Gasteiger charge is -2.08. The highest BCUT2D eigenvalue weighted by atomic mass is 32.2. The maximum Gasteiger partial charge on any atom is 0.257 e. The van der Waals surface area contributed by atoms with Crippen molar-refractivity contribution in [2.24, 2.45) is 0 Å². The zero-order valence-corrected chi connectivity index (χ0v) is 17.3. The molecule has 0 aliphatic carbocycles. The van der Waals surface area contributed by atoms with Gasteiger partial charge in [0.25, 0.3) is 5.91 Å². The van der Waals surface area contributed by atoms with Crippen LogP contribution < -0.4 is 10.1 Å². The van der Waals surface area contributed by atoms with E-state index in [-0.39, 0.29) is 5.91 Å². The van der Waals surface area contributed by atoms with E-state index in [9.17, 15) is 4.79 Å². The van der Waals surface area contributed by atoms with Gasteiger partial charge in [-0.1, -0.05) is 30.3 Å². The van der Waals surface area contributed by atoms with Crippen molar-refractivity contribution in [1.82, 2.24) is 10.2 Å². The summed E-state index contributed by atoms with van der Waals surface area (Å²) in [5.74, 6) is 1.86. The normalized spacial score (nSPS) is 10.7. The Labute approximate surface area is 177 Å². The Morgan fingerprint density at radius 1 is 1.14 bits per heavy atom. The Bertz CT molecular complexity index is 1110. The molecule has 7 heteroatoms. The largest absolute Gasteiger partial charge is 0.496 e. The van der Waals surface area contributed by atoms with E-state index < -0.39 is 0 Å². The van der Waals surface area contributed by atoms with E-state index in [0.717, 1.165) is 27.7 Å². The third-order valence-corrected chi connectivity index (χ3v) is 6.48. The highest BCUT2D eigenvalue weighted by Gasteiger charge is 2.15. The smallest absolute Gasteiger partial charge is 0.257 e. The molecule has 2 N–H and O–H groups in total. The fraction of sp³-hybridized carbons (Fsp3) is 0.0909. The lowest BCUT2D eigenvalue weighted by Crippen LogP contribution is -2.13. The molecule has 29 heavy (non-hydrogen) atoms. The second kappa shape index (κ2) is 8.98. The number of para-hydroxylation sites is 1. The summed E-state index contributed by atoms with van der Waals surface area (Å²) in [6.45, 7) is 0. The number of H-pyrrole nitrogens is 1. The number of anilines is 1. The average molecular weight is 422 g/mol. The summed E-state index contributed by atoms with van der Waals surface area (Å²) in [4.78, 5) is 15.1. The van der Waals surface area contributed by atoms with Crippen LogP contribution in [0.25, 0.3) is 11.3 Å². The molecule has 4 aromatic rings. The van der Waals surface area contributed by atoms with Gasteiger partial charge in [-0.2, -0.15) is 5.10 Å². The van der Waals surface area contributed by atoms with Gasteiger partial charge in [0, 0.05) is 27.2 Å². The Morgan fingerprint density at radius 3 is 2.79 bits per heavy atom. The molecule has 146 valence electrons. The van der Waals surface area contributed by atoms with Crippen LogP contribution >= 0.6 is 23.1 Å². The molecule has 5 nitrogen and oxygen atoms in total. The molecular weight excluding hydrogens is 402 g/mol. The molecule has 0 saturated heterocycles. The lowest BCUT2D eigenvalue weighted by molar-refractivity contribution is 0.102. The van der Waals surface area contributed by atoms with Crippen LogP contribution in [-0.4, -0.2) is 23.2 Å². The Hall–Kier alpha value is -3.03. The van der Waals surface area contributed by atoms with Crippen LogP contribution in [0, 0.1) is 0 Å². The van der Waals surface area contributed by atoms with E-state index in [1.165, 1.54) is 4.88 Å². The summed E-state index contributed by atoms with van der Waals surface area (Å²) < 4.78 is 5.40. The molecule has 2 aromatic carbocycles. The van der Waals surface area contributed by atoms with E-state index in [2.05, 4.69) is 27.0 Å². The van der Waals surface area contributed by atoms with Crippen LogP contribution in [0.3, 0.4) is 0 Å². The number of hydrogen-bond acceptors (Lipinski definition) is 5. The van der Waals surface area contributed by atoms with Crippen molar-refractivity contribution in [1.29, 1.82) is 0 Å². The first-order valence-electron chi connectivity index (χ1n) is 8.99. The number of aromatic amines is 1. The van der Waals surface area contributed by atoms with Crippen molar-refractivity contribution >= 4 is 34.8 Å². The van der Waals surface area contributed by atoms with Gasteiger partial charge in [0.2, 0.25) is 0 Å². The number of methoxy groups -OCH3 is 1. The van der Waals surface area contributed by atoms with Gasteiger partial charge in [0.15, 0.2) is 5.82 Å². The quantitative estimate of drug-likeness (QED) is 0.376. The minimum absolute atomic E-state index is 0.183. The molecule has 2 heterocycles. The predicted octanol–water partition coefficient (Wildman–Crippen LogP) is 5.69. The Balaban J connectivity index is 1.50. The van der Waals surface area contributed by atoms with Gasteiger partial charge in [0.1, 0.15) is 5.75 Å². The fourth-order valence-corrected chi connectivity index (χ4v) is 4.72. The number of amides is 1. The number of thioether (sulfide) groups is 1. The minimum atomic E-state index is -0.183. The van der Waals surface area contributed by atoms with E-state index in [0.29, 0.717) is 11.4 Å². The first-order valence-corrected chi connectivity index (χ1v) is 10.9. The van der Waals surface area contributed by atoms with Crippen molar-refractivity contribution < 1.29 is 9.53 Å². The second-order valence-electron chi connectivity index (χ2n) is 6.19. The number of benzene rings is 2. The molecule has 0 radical (unpaired) electrons. The van der Waals surface area contributed by atoms with E-state index >= 15 is 0 Å². The van der Waals surface area contributed by atoms with Gasteiger partial charge < -0.3 is 10.1 Å². The van der Waals surface area contributed by atoms with Crippen molar-refractivity contribution in [3.8, 4) is 17.0 Å². The van der Waals surface area contributed by atoms with Crippen LogP contribution in [0.2, 0.25) is 0 Å². The minimum Gasteiger partial charge on any atom is -0.496 e. The number of aromatic nitrogens is 2. The molecule has 0 aliphatic rings. The third-order valence-electron chi connectivity index (χ3n) is 4.30. The average Bonchev–Trinajstić information content (AvgIpc) is 3.44. The number of hydrogen-bond donors (Lipinski definition) is 2. The van der Waals surface area contributed by atoms with Crippen molar-refractivity contribution in [2.45, 2.75) is 10.6 Å². The zero-order chi connectivity index (χ0) is 20.1. The van der Waals surface area contributed by atoms with Crippen molar-refractivity contribution in [2.75, 3.05) is 12.4 Å². The summed E-state index contributed by atoms with van der Waals surface area (Å²) in [6.07, 6.45) is 0. The monoisotopic (exact) mass is 421 g/mol. The first kappa shape index (κ1) is 19.3. The number of carbonyl (C=O) groups is 1. The summed E-state index contributed by atoms with van der Waals surface area (Å²) in [6, 6.07) is 21.2. The topological polar surface area (TPSA) is 67.0 Å². The summed E-state index contributed by atoms with van der Waals surface area (Å²) in [5, 5.41) is 12.1. The fourth-order valence-electron chi connectivity index (χ4n) is 2.90. The molecule has 0 fully saturated rings. The zero-order valence-electron chi connectivity index (χ0n) is 15.7. The van der Waals surface area contributed by atoms with Crippen LogP contribution in [0.1, 0.15) is 15.2 Å². The van der Waals surface area contributed by atoms with E-state index in [1.807, 2.05) is 54.6 Å². The summed E-state index contributed by atoms with van der Waals surface area (Å²) >= 11 is 3.37. The van der Waals surface area contributed by atoms with Crippen LogP contribution in [0.15, 0.2) is 77.0 Å². The molecular formula is C22H19N3O2S2. The van der Waals surface area contributed by atoms with Gasteiger partial charge in [-0.25, -0.2) is 0 Å². The van der Waals surface area contributed by atoms with Crippen LogP contribution in [0.4, 0.5) is 5.82 Å². The number of nitrogens with zero attached hydrogens (tertiary/aromatic N) is 1. The van der Waals surface area contributed by atoms with Crippen LogP contribution in [-0.2, 0) is 5.75 Å². The molecule has 0 bridgehead atoms. The van der Waals surface area contributed by atoms with Gasteiger partial charge in [-0.05, 0) is 35.7 Å². The molecule has 0 unspecified atom stereocenters. The van der Waals surface area contributed by atoms with Gasteiger partial charge in [-0.3, -0.25) is 9.89 Å². The predicted molar refractivity (Wildman–Crippen MR) is 119 cm³/mol. The maximum atomic E-state index is 12.9. The SMILES string of the molecule is COc1ccccc1-c1cc(NC(=O)c2ccccc2SCc2cccs2)n[nH]1. The Kier molecular flexibility index (Phi) is 5.97. The first-order chi connectivity index (χ1) is 14.2. The van der Waals surface area contributed by atoms with Gasteiger partial charge in [0.05, 0.1) is 18.4 Å². The standard InChI is InChI=1S/C22H19N3O2S2/c1-27-19-10-4-2-8-16(19)18-13-21(25-24-18)23-22(26)17-9-3-5-11-20(17)29-14-15-7-6-12-28-15/h2-13H,14H2,1H3,(H2,23,24,25,26). The van der Waals surface area contributed by atoms with E-state index in [1.54, 1.807) is 36.3 Å². The number of rotatable bonds is 7. The molecule has 2 aromatic heterocycles. The van der Waals surface area contributed by atoms with Gasteiger partial charge >= 0.3 is 0 Å². The van der Waals surface area contributed by atoms with Gasteiger partial charge in [-0.15, -0.1) is 23.1 Å². The third kappa shape index (κ3) is 4.52. The van der Waals surface area contributed by atoms with Crippen LogP contribution in [0.5, 0.6) is 5.75 Å². The molecule has 4 rings (SSSR count). The summed E-state index contributed by atoms with van der Waals surface area (Å²) in [7, 11) is 1.63. The highest BCUT2D eigenvalue weighted by Crippen LogP contribution is 2.30. The number of carbonyl (C=O) groups excluding carboxylic acids is 1. The molecule has 0 spiro atoms. The Morgan fingerprint density at radius 2 is 1.97 bits per heavy atom. The number of thiophene rings is 1.